The number of rotatable bonds is 7. The standard InChI is InChI=1S/C13H18N2O4/c1-9(2)8-19-6-5-15-12(16)10-3-4-14-11(7-10)13(17)18/h3-4,7,9H,5-6,8H2,1-2H3,(H,15,16)(H,17,18). The lowest BCUT2D eigenvalue weighted by molar-refractivity contribution is 0.0690. The molecule has 6 nitrogen and oxygen atoms in total. The maximum Gasteiger partial charge on any atom is 0.354 e. The van der Waals surface area contributed by atoms with Gasteiger partial charge < -0.3 is 15.2 Å². The van der Waals surface area contributed by atoms with Gasteiger partial charge in [-0.05, 0) is 18.1 Å². The van der Waals surface area contributed by atoms with Crippen LogP contribution >= 0.6 is 0 Å². The van der Waals surface area contributed by atoms with Crippen LogP contribution in [0, 0.1) is 5.92 Å². The van der Waals surface area contributed by atoms with E-state index < -0.39 is 5.97 Å². The molecule has 0 atom stereocenters. The van der Waals surface area contributed by atoms with E-state index in [1.165, 1.54) is 18.3 Å². The Morgan fingerprint density at radius 2 is 2.21 bits per heavy atom. The molecular weight excluding hydrogens is 248 g/mol. The largest absolute Gasteiger partial charge is 0.477 e. The van der Waals surface area contributed by atoms with E-state index in [2.05, 4.69) is 10.3 Å². The van der Waals surface area contributed by atoms with E-state index in [0.29, 0.717) is 25.7 Å². The molecule has 0 saturated carbocycles. The lowest BCUT2D eigenvalue weighted by atomic mass is 10.2. The smallest absolute Gasteiger partial charge is 0.354 e. The molecule has 0 unspecified atom stereocenters. The van der Waals surface area contributed by atoms with Gasteiger partial charge in [-0.2, -0.15) is 0 Å². The number of carbonyl (C=O) groups excluding carboxylic acids is 1. The Morgan fingerprint density at radius 3 is 2.84 bits per heavy atom. The molecule has 0 aliphatic carbocycles. The number of carboxylic acids is 1. The van der Waals surface area contributed by atoms with E-state index in [-0.39, 0.29) is 17.2 Å². The highest BCUT2D eigenvalue weighted by molar-refractivity contribution is 5.96. The van der Waals surface area contributed by atoms with Crippen LogP contribution in [0.3, 0.4) is 0 Å². The summed E-state index contributed by atoms with van der Waals surface area (Å²) >= 11 is 0. The molecule has 1 rings (SSSR count). The molecule has 104 valence electrons. The van der Waals surface area contributed by atoms with Gasteiger partial charge >= 0.3 is 5.97 Å². The predicted octanol–water partition coefficient (Wildman–Crippen LogP) is 1.18. The van der Waals surface area contributed by atoms with Gasteiger partial charge in [0, 0.05) is 24.9 Å². The number of pyridine rings is 1. The van der Waals surface area contributed by atoms with Gasteiger partial charge in [-0.15, -0.1) is 0 Å². The minimum atomic E-state index is -1.16. The fourth-order valence-corrected chi connectivity index (χ4v) is 1.35. The van der Waals surface area contributed by atoms with Crippen LogP contribution in [0.4, 0.5) is 0 Å². The average molecular weight is 266 g/mol. The summed E-state index contributed by atoms with van der Waals surface area (Å²) in [5.74, 6) is -1.04. The molecule has 1 heterocycles. The van der Waals surface area contributed by atoms with Crippen LogP contribution in [0.2, 0.25) is 0 Å². The Hall–Kier alpha value is -1.95. The number of carbonyl (C=O) groups is 2. The van der Waals surface area contributed by atoms with Gasteiger partial charge in [0.05, 0.1) is 6.61 Å². The van der Waals surface area contributed by atoms with Gasteiger partial charge in [0.25, 0.3) is 5.91 Å². The highest BCUT2D eigenvalue weighted by Crippen LogP contribution is 2.01. The molecule has 0 aromatic carbocycles. The summed E-state index contributed by atoms with van der Waals surface area (Å²) in [5, 5.41) is 11.4. The monoisotopic (exact) mass is 266 g/mol. The van der Waals surface area contributed by atoms with Crippen molar-refractivity contribution in [2.75, 3.05) is 19.8 Å². The SMILES string of the molecule is CC(C)COCCNC(=O)c1ccnc(C(=O)O)c1. The van der Waals surface area contributed by atoms with Crippen LogP contribution in [0.15, 0.2) is 18.3 Å². The topological polar surface area (TPSA) is 88.5 Å². The van der Waals surface area contributed by atoms with Crippen LogP contribution < -0.4 is 5.32 Å². The van der Waals surface area contributed by atoms with E-state index >= 15 is 0 Å². The first-order chi connectivity index (χ1) is 9.00. The van der Waals surface area contributed by atoms with Gasteiger partial charge in [0.2, 0.25) is 0 Å². The number of nitrogens with one attached hydrogen (secondary N) is 1. The fourth-order valence-electron chi connectivity index (χ4n) is 1.35. The van der Waals surface area contributed by atoms with Crippen molar-refractivity contribution >= 4 is 11.9 Å². The van der Waals surface area contributed by atoms with Gasteiger partial charge in [-0.3, -0.25) is 4.79 Å². The Bertz CT molecular complexity index is 446. The van der Waals surface area contributed by atoms with Gasteiger partial charge in [0.15, 0.2) is 0 Å². The Labute approximate surface area is 111 Å². The minimum Gasteiger partial charge on any atom is -0.477 e. The molecule has 0 spiro atoms. The molecule has 1 aromatic heterocycles. The van der Waals surface area contributed by atoms with Crippen molar-refractivity contribution in [1.29, 1.82) is 0 Å². The van der Waals surface area contributed by atoms with Gasteiger partial charge in [-0.1, -0.05) is 13.8 Å². The number of hydrogen-bond acceptors (Lipinski definition) is 4. The molecule has 0 bridgehead atoms. The van der Waals surface area contributed by atoms with Gasteiger partial charge in [-0.25, -0.2) is 9.78 Å². The highest BCUT2D eigenvalue weighted by atomic mass is 16.5. The molecule has 6 heteroatoms. The number of nitrogens with zero attached hydrogens (tertiary/aromatic N) is 1. The summed E-state index contributed by atoms with van der Waals surface area (Å²) in [5.41, 5.74) is 0.125. The third-order valence-corrected chi connectivity index (χ3v) is 2.22. The third kappa shape index (κ3) is 5.48. The molecule has 1 aromatic rings. The predicted molar refractivity (Wildman–Crippen MR) is 69.2 cm³/mol. The Morgan fingerprint density at radius 1 is 1.47 bits per heavy atom. The first-order valence-electron chi connectivity index (χ1n) is 6.06. The Balaban J connectivity index is 2.41. The van der Waals surface area contributed by atoms with E-state index in [0.717, 1.165) is 0 Å². The average Bonchev–Trinajstić information content (AvgIpc) is 2.37. The number of hydrogen-bond donors (Lipinski definition) is 2. The van der Waals surface area contributed by atoms with Crippen molar-refractivity contribution in [3.63, 3.8) is 0 Å². The van der Waals surface area contributed by atoms with Crippen LogP contribution in [0.5, 0.6) is 0 Å². The highest BCUT2D eigenvalue weighted by Gasteiger charge is 2.10. The van der Waals surface area contributed by atoms with Crippen LogP contribution in [-0.4, -0.2) is 41.7 Å². The molecule has 0 fully saturated rings. The summed E-state index contributed by atoms with van der Waals surface area (Å²) < 4.78 is 5.32. The summed E-state index contributed by atoms with van der Waals surface area (Å²) in [6, 6.07) is 2.71. The molecule has 0 aliphatic heterocycles. The van der Waals surface area contributed by atoms with Crippen molar-refractivity contribution in [2.24, 2.45) is 5.92 Å². The van der Waals surface area contributed by atoms with Crippen molar-refractivity contribution in [3.05, 3.63) is 29.6 Å². The number of amides is 1. The number of carboxylic acid groups (broad SMARTS) is 1. The second-order valence-electron chi connectivity index (χ2n) is 4.46. The molecule has 0 aliphatic rings. The van der Waals surface area contributed by atoms with Crippen LogP contribution in [0.25, 0.3) is 0 Å². The van der Waals surface area contributed by atoms with Crippen molar-refractivity contribution in [2.45, 2.75) is 13.8 Å². The van der Waals surface area contributed by atoms with Crippen LogP contribution in [-0.2, 0) is 4.74 Å². The number of aromatic carboxylic acids is 1. The second-order valence-corrected chi connectivity index (χ2v) is 4.46. The normalized spacial score (nSPS) is 10.5. The van der Waals surface area contributed by atoms with E-state index in [4.69, 9.17) is 9.84 Å². The zero-order valence-electron chi connectivity index (χ0n) is 11.0. The van der Waals surface area contributed by atoms with Crippen molar-refractivity contribution in [3.8, 4) is 0 Å². The summed E-state index contributed by atoms with van der Waals surface area (Å²) in [4.78, 5) is 26.1. The molecule has 0 radical (unpaired) electrons. The first-order valence-corrected chi connectivity index (χ1v) is 6.06. The summed E-state index contributed by atoms with van der Waals surface area (Å²) in [6.45, 7) is 5.55. The minimum absolute atomic E-state index is 0.149. The summed E-state index contributed by atoms with van der Waals surface area (Å²) in [7, 11) is 0. The summed E-state index contributed by atoms with van der Waals surface area (Å²) in [6.07, 6.45) is 1.30. The van der Waals surface area contributed by atoms with Gasteiger partial charge in [0.1, 0.15) is 5.69 Å². The quantitative estimate of drug-likeness (QED) is 0.723. The Kier molecular flexibility index (Phi) is 5.95. The molecule has 2 N–H and O–H groups in total. The number of ether oxygens (including phenoxy) is 1. The van der Waals surface area contributed by atoms with E-state index in [1.807, 2.05) is 13.8 Å². The van der Waals surface area contributed by atoms with E-state index in [9.17, 15) is 9.59 Å². The second kappa shape index (κ2) is 7.48. The van der Waals surface area contributed by atoms with E-state index in [1.54, 1.807) is 0 Å². The molecule has 0 saturated heterocycles. The zero-order valence-corrected chi connectivity index (χ0v) is 11.0. The number of aromatic nitrogens is 1. The lowest BCUT2D eigenvalue weighted by Crippen LogP contribution is -2.28. The maximum atomic E-state index is 11.7. The van der Waals surface area contributed by atoms with Crippen LogP contribution in [0.1, 0.15) is 34.7 Å². The lowest BCUT2D eigenvalue weighted by Gasteiger charge is -2.08. The third-order valence-electron chi connectivity index (χ3n) is 2.22. The maximum absolute atomic E-state index is 11.7. The fraction of sp³-hybridized carbons (Fsp3) is 0.462. The first kappa shape index (κ1) is 15.1. The molecule has 1 amide bonds. The van der Waals surface area contributed by atoms with Crippen molar-refractivity contribution in [1.82, 2.24) is 10.3 Å². The molecule has 19 heavy (non-hydrogen) atoms. The zero-order chi connectivity index (χ0) is 14.3. The molecular formula is C13H18N2O4. The van der Waals surface area contributed by atoms with Crippen molar-refractivity contribution < 1.29 is 19.4 Å².